The molecular formula is C25H29N3O3S. The molecule has 3 aromatic rings. The Bertz CT molecular complexity index is 1150. The lowest BCUT2D eigenvalue weighted by Crippen LogP contribution is -2.48. The lowest BCUT2D eigenvalue weighted by molar-refractivity contribution is -0.134. The molecule has 2 unspecified atom stereocenters. The zero-order valence-corrected chi connectivity index (χ0v) is 19.6. The minimum atomic E-state index is -0.144. The second-order valence-electron chi connectivity index (χ2n) is 8.20. The van der Waals surface area contributed by atoms with E-state index in [1.54, 1.807) is 10.6 Å². The summed E-state index contributed by atoms with van der Waals surface area (Å²) in [6.07, 6.45) is 3.22. The summed E-state index contributed by atoms with van der Waals surface area (Å²) >= 11 is 1.32. The molecule has 168 valence electrons. The van der Waals surface area contributed by atoms with Gasteiger partial charge < -0.3 is 9.64 Å². The molecule has 2 aromatic carbocycles. The molecule has 0 N–H and O–H groups in total. The molecule has 0 radical (unpaired) electrons. The average molecular weight is 452 g/mol. The molecule has 0 bridgehead atoms. The summed E-state index contributed by atoms with van der Waals surface area (Å²) in [6.45, 7) is 6.74. The molecule has 4 rings (SSSR count). The number of carbonyl (C=O) groups is 1. The number of fused-ring (bicyclic) bond motifs is 1. The molecule has 1 amide bonds. The number of piperidine rings is 1. The predicted molar refractivity (Wildman–Crippen MR) is 129 cm³/mol. The third-order valence-electron chi connectivity index (χ3n) is 5.96. The molecule has 1 aromatic heterocycles. The number of thioether (sulfide) groups is 1. The molecule has 7 heteroatoms. The molecule has 1 aliphatic heterocycles. The molecule has 0 spiro atoms. The number of para-hydroxylation sites is 1. The first-order valence-corrected chi connectivity index (χ1v) is 12.2. The third kappa shape index (κ3) is 4.53. The highest BCUT2D eigenvalue weighted by molar-refractivity contribution is 7.99. The van der Waals surface area contributed by atoms with E-state index in [0.29, 0.717) is 28.4 Å². The maximum absolute atomic E-state index is 13.4. The second kappa shape index (κ2) is 9.77. The van der Waals surface area contributed by atoms with Crippen LogP contribution in [0.15, 0.2) is 58.5 Å². The summed E-state index contributed by atoms with van der Waals surface area (Å²) in [5, 5.41) is 1.07. The van der Waals surface area contributed by atoms with Crippen LogP contribution < -0.4 is 10.3 Å². The Balaban J connectivity index is 1.69. The SMILES string of the molecule is CCOc1ccc(-n2c(SCC(=O)N3C(C)CCCC3C)nc3ccccc3c2=O)cc1. The van der Waals surface area contributed by atoms with Crippen LogP contribution in [0.1, 0.15) is 40.0 Å². The normalized spacial score (nSPS) is 18.7. The lowest BCUT2D eigenvalue weighted by atomic mass is 9.98. The maximum atomic E-state index is 13.4. The van der Waals surface area contributed by atoms with Gasteiger partial charge in [-0.1, -0.05) is 23.9 Å². The van der Waals surface area contributed by atoms with Crippen molar-refractivity contribution in [1.29, 1.82) is 0 Å². The monoisotopic (exact) mass is 451 g/mol. The summed E-state index contributed by atoms with van der Waals surface area (Å²) < 4.78 is 7.13. The van der Waals surface area contributed by atoms with Gasteiger partial charge in [0.15, 0.2) is 5.16 Å². The van der Waals surface area contributed by atoms with Crippen molar-refractivity contribution in [1.82, 2.24) is 14.5 Å². The second-order valence-corrected chi connectivity index (χ2v) is 9.14. The zero-order valence-electron chi connectivity index (χ0n) is 18.8. The van der Waals surface area contributed by atoms with E-state index in [4.69, 9.17) is 9.72 Å². The van der Waals surface area contributed by atoms with Crippen LogP contribution in [0.4, 0.5) is 0 Å². The fourth-order valence-electron chi connectivity index (χ4n) is 4.41. The Morgan fingerprint density at radius 1 is 1.09 bits per heavy atom. The van der Waals surface area contributed by atoms with Gasteiger partial charge in [0.1, 0.15) is 5.75 Å². The summed E-state index contributed by atoms with van der Waals surface area (Å²) in [6, 6.07) is 15.2. The van der Waals surface area contributed by atoms with Crippen molar-refractivity contribution in [3.8, 4) is 11.4 Å². The highest BCUT2D eigenvalue weighted by Crippen LogP contribution is 2.26. The first-order chi connectivity index (χ1) is 15.5. The van der Waals surface area contributed by atoms with Crippen molar-refractivity contribution < 1.29 is 9.53 Å². The van der Waals surface area contributed by atoms with E-state index >= 15 is 0 Å². The van der Waals surface area contributed by atoms with Gasteiger partial charge in [0.05, 0.1) is 29.0 Å². The van der Waals surface area contributed by atoms with Crippen LogP contribution in [0.5, 0.6) is 5.75 Å². The highest BCUT2D eigenvalue weighted by atomic mass is 32.2. The fourth-order valence-corrected chi connectivity index (χ4v) is 5.29. The summed E-state index contributed by atoms with van der Waals surface area (Å²) in [5.74, 6) is 1.09. The van der Waals surface area contributed by atoms with E-state index in [0.717, 1.165) is 25.0 Å². The lowest BCUT2D eigenvalue weighted by Gasteiger charge is -2.39. The van der Waals surface area contributed by atoms with E-state index in [1.165, 1.54) is 11.8 Å². The standard InChI is InChI=1S/C25H29N3O3S/c1-4-31-20-14-12-19(13-15-20)28-24(30)21-10-5-6-11-22(21)26-25(28)32-16-23(29)27-17(2)8-7-9-18(27)3/h5-6,10-15,17-18H,4,7-9,16H2,1-3H3. The van der Waals surface area contributed by atoms with Crippen LogP contribution in [-0.2, 0) is 4.79 Å². The third-order valence-corrected chi connectivity index (χ3v) is 6.88. The molecule has 1 saturated heterocycles. The Morgan fingerprint density at radius 2 is 1.78 bits per heavy atom. The van der Waals surface area contributed by atoms with Crippen LogP contribution in [-0.4, -0.2) is 44.8 Å². The first-order valence-electron chi connectivity index (χ1n) is 11.2. The van der Waals surface area contributed by atoms with Crippen molar-refractivity contribution in [3.63, 3.8) is 0 Å². The number of ether oxygens (including phenoxy) is 1. The van der Waals surface area contributed by atoms with E-state index in [9.17, 15) is 9.59 Å². The summed E-state index contributed by atoms with van der Waals surface area (Å²) in [4.78, 5) is 33.2. The molecular weight excluding hydrogens is 422 g/mol. The molecule has 1 fully saturated rings. The number of nitrogens with zero attached hydrogens (tertiary/aromatic N) is 3. The van der Waals surface area contributed by atoms with E-state index < -0.39 is 0 Å². The van der Waals surface area contributed by atoms with Gasteiger partial charge in [0.2, 0.25) is 5.91 Å². The Hall–Kier alpha value is -2.80. The number of rotatable bonds is 6. The van der Waals surface area contributed by atoms with Crippen LogP contribution in [0.2, 0.25) is 0 Å². The molecule has 2 atom stereocenters. The van der Waals surface area contributed by atoms with Crippen LogP contribution in [0, 0.1) is 0 Å². The van der Waals surface area contributed by atoms with E-state index in [1.807, 2.05) is 54.3 Å². The van der Waals surface area contributed by atoms with Crippen molar-refractivity contribution in [2.45, 2.75) is 57.3 Å². The minimum absolute atomic E-state index is 0.0929. The van der Waals surface area contributed by atoms with E-state index in [2.05, 4.69) is 13.8 Å². The van der Waals surface area contributed by atoms with Gasteiger partial charge in [-0.05, 0) is 76.4 Å². The van der Waals surface area contributed by atoms with Gasteiger partial charge in [-0.2, -0.15) is 0 Å². The Labute approximate surface area is 192 Å². The quantitative estimate of drug-likeness (QED) is 0.403. The minimum Gasteiger partial charge on any atom is -0.494 e. The molecule has 1 aliphatic rings. The topological polar surface area (TPSA) is 64.4 Å². The van der Waals surface area contributed by atoms with Gasteiger partial charge in [0, 0.05) is 12.1 Å². The number of hydrogen-bond donors (Lipinski definition) is 0. The van der Waals surface area contributed by atoms with Gasteiger partial charge in [0.25, 0.3) is 5.56 Å². The van der Waals surface area contributed by atoms with Crippen molar-refractivity contribution >= 4 is 28.6 Å². The maximum Gasteiger partial charge on any atom is 0.266 e. The molecule has 2 heterocycles. The Morgan fingerprint density at radius 3 is 2.47 bits per heavy atom. The van der Waals surface area contributed by atoms with Crippen molar-refractivity contribution in [2.24, 2.45) is 0 Å². The van der Waals surface area contributed by atoms with Crippen molar-refractivity contribution in [3.05, 3.63) is 58.9 Å². The van der Waals surface area contributed by atoms with Crippen LogP contribution in [0.3, 0.4) is 0 Å². The number of carbonyl (C=O) groups excluding carboxylic acids is 1. The molecule has 32 heavy (non-hydrogen) atoms. The number of amides is 1. The smallest absolute Gasteiger partial charge is 0.266 e. The first kappa shape index (κ1) is 22.4. The zero-order chi connectivity index (χ0) is 22.7. The molecule has 0 aliphatic carbocycles. The van der Waals surface area contributed by atoms with Crippen LogP contribution >= 0.6 is 11.8 Å². The van der Waals surface area contributed by atoms with Gasteiger partial charge in [-0.25, -0.2) is 4.98 Å². The number of hydrogen-bond acceptors (Lipinski definition) is 5. The average Bonchev–Trinajstić information content (AvgIpc) is 2.79. The van der Waals surface area contributed by atoms with E-state index in [-0.39, 0.29) is 29.3 Å². The number of benzene rings is 2. The number of aromatic nitrogens is 2. The van der Waals surface area contributed by atoms with Crippen molar-refractivity contribution in [2.75, 3.05) is 12.4 Å². The highest BCUT2D eigenvalue weighted by Gasteiger charge is 2.29. The van der Waals surface area contributed by atoms with Gasteiger partial charge in [-0.15, -0.1) is 0 Å². The number of likely N-dealkylation sites (tertiary alicyclic amines) is 1. The van der Waals surface area contributed by atoms with Crippen LogP contribution in [0.25, 0.3) is 16.6 Å². The molecule has 6 nitrogen and oxygen atoms in total. The summed E-state index contributed by atoms with van der Waals surface area (Å²) in [5.41, 5.74) is 1.19. The molecule has 0 saturated carbocycles. The fraction of sp³-hybridized carbons (Fsp3) is 0.400. The Kier molecular flexibility index (Phi) is 6.84. The largest absolute Gasteiger partial charge is 0.494 e. The van der Waals surface area contributed by atoms with Gasteiger partial charge >= 0.3 is 0 Å². The van der Waals surface area contributed by atoms with Gasteiger partial charge in [-0.3, -0.25) is 14.2 Å². The predicted octanol–water partition coefficient (Wildman–Crippen LogP) is 4.67. The summed E-state index contributed by atoms with van der Waals surface area (Å²) in [7, 11) is 0.